The summed E-state index contributed by atoms with van der Waals surface area (Å²) < 4.78 is 0. The lowest BCUT2D eigenvalue weighted by molar-refractivity contribution is 0.548. The molecule has 0 aliphatic carbocycles. The van der Waals surface area contributed by atoms with Crippen LogP contribution in [0.1, 0.15) is 149 Å². The smallest absolute Gasteiger partial charge is 0.0326 e. The standard InChI is InChI=1S/C26H55P/c1-4-7-10-13-14-15-16-17-18-19-20-23-26-27(24-21-11-8-5-2)25-22-12-9-6-3/h4-26H2,1-3H3. The summed E-state index contributed by atoms with van der Waals surface area (Å²) in [5.41, 5.74) is 0. The highest BCUT2D eigenvalue weighted by Gasteiger charge is 2.07. The SMILES string of the molecule is CCCCCCCCCCCCCCP(CCCCCC)CCCCCC. The molecule has 0 aromatic carbocycles. The summed E-state index contributed by atoms with van der Waals surface area (Å²) in [4.78, 5) is 0. The highest BCUT2D eigenvalue weighted by Crippen LogP contribution is 2.39. The second kappa shape index (κ2) is 24.5. The molecule has 0 aromatic heterocycles. The average molecular weight is 399 g/mol. The molecule has 0 aliphatic rings. The molecule has 0 fully saturated rings. The summed E-state index contributed by atoms with van der Waals surface area (Å²) in [6.07, 6.45) is 34.2. The molecule has 164 valence electrons. The Hall–Kier alpha value is 0.430. The Labute approximate surface area is 175 Å². The van der Waals surface area contributed by atoms with E-state index in [-0.39, 0.29) is 0 Å². The van der Waals surface area contributed by atoms with Gasteiger partial charge in [0.2, 0.25) is 0 Å². The van der Waals surface area contributed by atoms with Crippen LogP contribution >= 0.6 is 7.92 Å². The summed E-state index contributed by atoms with van der Waals surface area (Å²) in [7, 11) is 0.368. The van der Waals surface area contributed by atoms with E-state index in [4.69, 9.17) is 0 Å². The van der Waals surface area contributed by atoms with Crippen LogP contribution in [0.4, 0.5) is 0 Å². The van der Waals surface area contributed by atoms with Crippen LogP contribution in [-0.2, 0) is 0 Å². The molecule has 0 aromatic rings. The van der Waals surface area contributed by atoms with Gasteiger partial charge in [-0.05, 0) is 37.7 Å². The maximum absolute atomic E-state index is 2.33. The Morgan fingerprint density at radius 2 is 0.519 bits per heavy atom. The molecule has 27 heavy (non-hydrogen) atoms. The zero-order valence-corrected chi connectivity index (χ0v) is 20.6. The lowest BCUT2D eigenvalue weighted by Gasteiger charge is -2.18. The zero-order valence-electron chi connectivity index (χ0n) is 19.7. The third-order valence-electron chi connectivity index (χ3n) is 5.98. The van der Waals surface area contributed by atoms with Gasteiger partial charge in [-0.2, -0.15) is 0 Å². The van der Waals surface area contributed by atoms with Crippen LogP contribution in [0.25, 0.3) is 0 Å². The molecule has 0 nitrogen and oxygen atoms in total. The quantitative estimate of drug-likeness (QED) is 0.119. The van der Waals surface area contributed by atoms with Crippen molar-refractivity contribution >= 4 is 7.92 Å². The molecular weight excluding hydrogens is 343 g/mol. The first-order valence-corrected chi connectivity index (χ1v) is 15.0. The first-order valence-electron chi connectivity index (χ1n) is 13.1. The van der Waals surface area contributed by atoms with Crippen LogP contribution in [0, 0.1) is 0 Å². The first-order chi connectivity index (χ1) is 13.3. The van der Waals surface area contributed by atoms with Gasteiger partial charge in [0.05, 0.1) is 0 Å². The average Bonchev–Trinajstić information content (AvgIpc) is 2.68. The third kappa shape index (κ3) is 22.6. The minimum atomic E-state index is 0.368. The molecular formula is C26H55P. The van der Waals surface area contributed by atoms with Gasteiger partial charge in [-0.25, -0.2) is 0 Å². The molecule has 0 N–H and O–H groups in total. The molecule has 1 heteroatoms. The molecule has 0 rings (SSSR count). The largest absolute Gasteiger partial charge is 0.107 e. The summed E-state index contributed by atoms with van der Waals surface area (Å²) in [6.45, 7) is 6.97. The van der Waals surface area contributed by atoms with Crippen molar-refractivity contribution < 1.29 is 0 Å². The lowest BCUT2D eigenvalue weighted by Crippen LogP contribution is -1.97. The van der Waals surface area contributed by atoms with Crippen LogP contribution in [0.3, 0.4) is 0 Å². The minimum Gasteiger partial charge on any atom is -0.107 e. The van der Waals surface area contributed by atoms with Gasteiger partial charge in [-0.3, -0.25) is 0 Å². The molecule has 0 bridgehead atoms. The van der Waals surface area contributed by atoms with E-state index in [1.54, 1.807) is 18.5 Å². The van der Waals surface area contributed by atoms with Gasteiger partial charge in [0.1, 0.15) is 0 Å². The Kier molecular flexibility index (Phi) is 24.9. The van der Waals surface area contributed by atoms with Crippen molar-refractivity contribution in [2.24, 2.45) is 0 Å². The van der Waals surface area contributed by atoms with E-state index in [0.29, 0.717) is 7.92 Å². The molecule has 0 unspecified atom stereocenters. The van der Waals surface area contributed by atoms with Gasteiger partial charge >= 0.3 is 0 Å². The Morgan fingerprint density at radius 3 is 0.815 bits per heavy atom. The van der Waals surface area contributed by atoms with Crippen LogP contribution < -0.4 is 0 Å². The molecule has 0 radical (unpaired) electrons. The third-order valence-corrected chi connectivity index (χ3v) is 8.83. The van der Waals surface area contributed by atoms with Gasteiger partial charge < -0.3 is 0 Å². The van der Waals surface area contributed by atoms with Crippen LogP contribution in [0.5, 0.6) is 0 Å². The number of unbranched alkanes of at least 4 members (excludes halogenated alkanes) is 17. The minimum absolute atomic E-state index is 0.368. The molecule has 0 spiro atoms. The number of hydrogen-bond acceptors (Lipinski definition) is 0. The maximum atomic E-state index is 2.33. The molecule has 0 saturated carbocycles. The monoisotopic (exact) mass is 398 g/mol. The van der Waals surface area contributed by atoms with Crippen molar-refractivity contribution in [3.63, 3.8) is 0 Å². The van der Waals surface area contributed by atoms with Gasteiger partial charge in [-0.1, -0.05) is 130 Å². The van der Waals surface area contributed by atoms with Crippen LogP contribution in [0.2, 0.25) is 0 Å². The highest BCUT2D eigenvalue weighted by molar-refractivity contribution is 7.57. The lowest BCUT2D eigenvalue weighted by atomic mass is 10.1. The fraction of sp³-hybridized carbons (Fsp3) is 1.00. The van der Waals surface area contributed by atoms with Crippen molar-refractivity contribution in [1.29, 1.82) is 0 Å². The molecule has 0 atom stereocenters. The van der Waals surface area contributed by atoms with E-state index in [1.165, 1.54) is 128 Å². The van der Waals surface area contributed by atoms with Crippen molar-refractivity contribution in [2.75, 3.05) is 18.5 Å². The molecule has 0 heterocycles. The van der Waals surface area contributed by atoms with Crippen molar-refractivity contribution in [3.8, 4) is 0 Å². The number of hydrogen-bond donors (Lipinski definition) is 0. The van der Waals surface area contributed by atoms with E-state index in [9.17, 15) is 0 Å². The first kappa shape index (κ1) is 27.4. The summed E-state index contributed by atoms with van der Waals surface area (Å²) >= 11 is 0. The van der Waals surface area contributed by atoms with E-state index in [0.717, 1.165) is 0 Å². The second-order valence-corrected chi connectivity index (χ2v) is 11.5. The van der Waals surface area contributed by atoms with Gasteiger partial charge in [0, 0.05) is 0 Å². The summed E-state index contributed by atoms with van der Waals surface area (Å²) in [5, 5.41) is 0. The predicted octanol–water partition coefficient (Wildman–Crippen LogP) is 10.3. The van der Waals surface area contributed by atoms with E-state index in [2.05, 4.69) is 20.8 Å². The number of rotatable bonds is 23. The normalized spacial score (nSPS) is 11.6. The van der Waals surface area contributed by atoms with Crippen molar-refractivity contribution in [1.82, 2.24) is 0 Å². The molecule has 0 aliphatic heterocycles. The molecule has 0 amide bonds. The highest BCUT2D eigenvalue weighted by atomic mass is 31.1. The van der Waals surface area contributed by atoms with Gasteiger partial charge in [0.15, 0.2) is 0 Å². The molecule has 0 saturated heterocycles. The van der Waals surface area contributed by atoms with Crippen LogP contribution in [-0.4, -0.2) is 18.5 Å². The zero-order chi connectivity index (χ0) is 19.8. The van der Waals surface area contributed by atoms with Crippen molar-refractivity contribution in [3.05, 3.63) is 0 Å². The Balaban J connectivity index is 3.54. The maximum Gasteiger partial charge on any atom is -0.0326 e. The van der Waals surface area contributed by atoms with E-state index >= 15 is 0 Å². The predicted molar refractivity (Wildman–Crippen MR) is 131 cm³/mol. The fourth-order valence-corrected chi connectivity index (χ4v) is 6.72. The van der Waals surface area contributed by atoms with Gasteiger partial charge in [-0.15, -0.1) is 7.92 Å². The summed E-state index contributed by atoms with van der Waals surface area (Å²) in [6, 6.07) is 0. The van der Waals surface area contributed by atoms with Gasteiger partial charge in [0.25, 0.3) is 0 Å². The summed E-state index contributed by atoms with van der Waals surface area (Å²) in [5.74, 6) is 0. The second-order valence-electron chi connectivity index (χ2n) is 8.85. The topological polar surface area (TPSA) is 0 Å². The van der Waals surface area contributed by atoms with Crippen LogP contribution in [0.15, 0.2) is 0 Å². The Morgan fingerprint density at radius 1 is 0.296 bits per heavy atom. The van der Waals surface area contributed by atoms with E-state index < -0.39 is 0 Å². The van der Waals surface area contributed by atoms with Crippen molar-refractivity contribution in [2.45, 2.75) is 149 Å². The van der Waals surface area contributed by atoms with E-state index in [1.807, 2.05) is 0 Å². The Bertz CT molecular complexity index is 239. The fourth-order valence-electron chi connectivity index (χ4n) is 4.04.